The van der Waals surface area contributed by atoms with Crippen LogP contribution in [-0.2, 0) is 6.42 Å². The minimum Gasteiger partial charge on any atom is -0.496 e. The highest BCUT2D eigenvalue weighted by Gasteiger charge is 2.29. The van der Waals surface area contributed by atoms with Crippen LogP contribution in [0, 0.1) is 5.92 Å². The summed E-state index contributed by atoms with van der Waals surface area (Å²) in [6.45, 7) is 1.94. The average Bonchev–Trinajstić information content (AvgIpc) is 2.24. The zero-order valence-corrected chi connectivity index (χ0v) is 10.8. The van der Waals surface area contributed by atoms with Crippen molar-refractivity contribution in [2.75, 3.05) is 7.11 Å². The molecule has 1 aromatic rings. The van der Waals surface area contributed by atoms with Crippen LogP contribution in [0.5, 0.6) is 5.75 Å². The Morgan fingerprint density at radius 3 is 2.65 bits per heavy atom. The van der Waals surface area contributed by atoms with E-state index in [1.54, 1.807) is 7.11 Å². The zero-order chi connectivity index (χ0) is 12.3. The fourth-order valence-corrected chi connectivity index (χ4v) is 2.65. The summed E-state index contributed by atoms with van der Waals surface area (Å²) in [6.07, 6.45) is 5.47. The molecule has 0 aromatic heterocycles. The minimum absolute atomic E-state index is 0.611. The molecule has 1 aromatic carbocycles. The van der Waals surface area contributed by atoms with Gasteiger partial charge in [-0.05, 0) is 30.9 Å². The van der Waals surface area contributed by atoms with Crippen molar-refractivity contribution in [3.05, 3.63) is 29.8 Å². The van der Waals surface area contributed by atoms with Crippen LogP contribution < -0.4 is 4.74 Å². The lowest BCUT2D eigenvalue weighted by molar-refractivity contribution is 0.0200. The van der Waals surface area contributed by atoms with Crippen molar-refractivity contribution in [1.82, 2.24) is 0 Å². The van der Waals surface area contributed by atoms with E-state index in [9.17, 15) is 5.11 Å². The van der Waals surface area contributed by atoms with Crippen molar-refractivity contribution in [3.63, 3.8) is 0 Å². The van der Waals surface area contributed by atoms with Crippen LogP contribution >= 0.6 is 0 Å². The summed E-state index contributed by atoms with van der Waals surface area (Å²) in [5.41, 5.74) is 0.485. The van der Waals surface area contributed by atoms with Crippen LogP contribution in [-0.4, -0.2) is 17.8 Å². The molecule has 1 atom stereocenters. The van der Waals surface area contributed by atoms with Gasteiger partial charge in [0.25, 0.3) is 0 Å². The van der Waals surface area contributed by atoms with Gasteiger partial charge in [-0.2, -0.15) is 0 Å². The molecule has 0 spiro atoms. The Kier molecular flexibility index (Phi) is 3.72. The summed E-state index contributed by atoms with van der Waals surface area (Å²) in [6, 6.07) is 7.95. The second-order valence-corrected chi connectivity index (χ2v) is 5.49. The molecule has 0 saturated heterocycles. The summed E-state index contributed by atoms with van der Waals surface area (Å²) >= 11 is 0. The van der Waals surface area contributed by atoms with Gasteiger partial charge in [0.15, 0.2) is 0 Å². The third kappa shape index (κ3) is 3.22. The van der Waals surface area contributed by atoms with Crippen molar-refractivity contribution >= 4 is 0 Å². The fourth-order valence-electron chi connectivity index (χ4n) is 2.65. The van der Waals surface area contributed by atoms with Gasteiger partial charge in [-0.1, -0.05) is 37.5 Å². The minimum atomic E-state index is -0.611. The molecule has 0 radical (unpaired) electrons. The van der Waals surface area contributed by atoms with Gasteiger partial charge >= 0.3 is 0 Å². The number of para-hydroxylation sites is 1. The van der Waals surface area contributed by atoms with Crippen LogP contribution in [0.25, 0.3) is 0 Å². The second kappa shape index (κ2) is 5.09. The number of methoxy groups -OCH3 is 1. The lowest BCUT2D eigenvalue weighted by Crippen LogP contribution is -2.32. The first-order valence-corrected chi connectivity index (χ1v) is 6.45. The van der Waals surface area contributed by atoms with Gasteiger partial charge < -0.3 is 9.84 Å². The Morgan fingerprint density at radius 2 is 2.06 bits per heavy atom. The maximum absolute atomic E-state index is 10.5. The number of aliphatic hydroxyl groups is 1. The maximum Gasteiger partial charge on any atom is 0.122 e. The van der Waals surface area contributed by atoms with Gasteiger partial charge in [-0.25, -0.2) is 0 Å². The summed E-state index contributed by atoms with van der Waals surface area (Å²) in [7, 11) is 1.68. The van der Waals surface area contributed by atoms with E-state index in [2.05, 4.69) is 0 Å². The number of hydrogen-bond acceptors (Lipinski definition) is 2. The molecule has 0 aliphatic heterocycles. The lowest BCUT2D eigenvalue weighted by Gasteiger charge is -2.33. The van der Waals surface area contributed by atoms with E-state index >= 15 is 0 Å². The van der Waals surface area contributed by atoms with E-state index in [1.807, 2.05) is 31.2 Å². The van der Waals surface area contributed by atoms with E-state index in [0.717, 1.165) is 23.7 Å². The summed E-state index contributed by atoms with van der Waals surface area (Å²) in [4.78, 5) is 0. The van der Waals surface area contributed by atoms with Crippen molar-refractivity contribution in [2.24, 2.45) is 5.92 Å². The predicted octanol–water partition coefficient (Wildman–Crippen LogP) is 3.18. The molecule has 0 heterocycles. The highest BCUT2D eigenvalue weighted by Crippen LogP contribution is 2.35. The predicted molar refractivity (Wildman–Crippen MR) is 69.3 cm³/mol. The molecular formula is C15H22O2. The fraction of sp³-hybridized carbons (Fsp3) is 0.600. The number of rotatable bonds is 5. The van der Waals surface area contributed by atoms with Crippen molar-refractivity contribution < 1.29 is 9.84 Å². The van der Waals surface area contributed by atoms with Gasteiger partial charge in [0.05, 0.1) is 12.7 Å². The van der Waals surface area contributed by atoms with E-state index in [1.165, 1.54) is 19.3 Å². The molecule has 1 fully saturated rings. The summed E-state index contributed by atoms with van der Waals surface area (Å²) in [5, 5.41) is 10.5. The topological polar surface area (TPSA) is 29.5 Å². The monoisotopic (exact) mass is 234 g/mol. The first kappa shape index (κ1) is 12.4. The second-order valence-electron chi connectivity index (χ2n) is 5.49. The quantitative estimate of drug-likeness (QED) is 0.848. The van der Waals surface area contributed by atoms with Crippen LogP contribution in [0.1, 0.15) is 38.2 Å². The van der Waals surface area contributed by atoms with Gasteiger partial charge in [0.2, 0.25) is 0 Å². The highest BCUT2D eigenvalue weighted by molar-refractivity contribution is 5.34. The molecule has 17 heavy (non-hydrogen) atoms. The Balaban J connectivity index is 2.02. The molecule has 0 bridgehead atoms. The molecule has 1 aliphatic carbocycles. The SMILES string of the molecule is COc1ccccc1CC(C)(O)CC1CCC1. The van der Waals surface area contributed by atoms with Gasteiger partial charge in [0.1, 0.15) is 5.75 Å². The van der Waals surface area contributed by atoms with Crippen molar-refractivity contribution in [1.29, 1.82) is 0 Å². The number of hydrogen-bond donors (Lipinski definition) is 1. The molecule has 1 saturated carbocycles. The molecular weight excluding hydrogens is 212 g/mol. The summed E-state index contributed by atoms with van der Waals surface area (Å²) in [5.74, 6) is 1.60. The van der Waals surface area contributed by atoms with Gasteiger partial charge in [-0.3, -0.25) is 0 Å². The zero-order valence-electron chi connectivity index (χ0n) is 10.8. The lowest BCUT2D eigenvalue weighted by atomic mass is 9.76. The Morgan fingerprint density at radius 1 is 1.35 bits per heavy atom. The van der Waals surface area contributed by atoms with Gasteiger partial charge in [0, 0.05) is 6.42 Å². The third-order valence-electron chi connectivity index (χ3n) is 3.72. The van der Waals surface area contributed by atoms with E-state index in [0.29, 0.717) is 6.42 Å². The van der Waals surface area contributed by atoms with E-state index < -0.39 is 5.60 Å². The Bertz CT molecular complexity index is 367. The Labute approximate surface area is 104 Å². The van der Waals surface area contributed by atoms with E-state index in [4.69, 9.17) is 4.74 Å². The standard InChI is InChI=1S/C15H22O2/c1-15(16,10-12-6-5-7-12)11-13-8-3-4-9-14(13)17-2/h3-4,8-9,12,16H,5-7,10-11H2,1-2H3. The molecule has 1 unspecified atom stereocenters. The van der Waals surface area contributed by atoms with Crippen LogP contribution in [0.15, 0.2) is 24.3 Å². The molecule has 94 valence electrons. The third-order valence-corrected chi connectivity index (χ3v) is 3.72. The van der Waals surface area contributed by atoms with Crippen LogP contribution in [0.4, 0.5) is 0 Å². The Hall–Kier alpha value is -1.02. The normalized spacial score (nSPS) is 19.5. The van der Waals surface area contributed by atoms with Crippen LogP contribution in [0.2, 0.25) is 0 Å². The number of benzene rings is 1. The molecule has 2 heteroatoms. The molecule has 2 nitrogen and oxygen atoms in total. The maximum atomic E-state index is 10.5. The molecule has 1 N–H and O–H groups in total. The number of ether oxygens (including phenoxy) is 1. The molecule has 1 aliphatic rings. The largest absolute Gasteiger partial charge is 0.496 e. The highest BCUT2D eigenvalue weighted by atomic mass is 16.5. The van der Waals surface area contributed by atoms with Gasteiger partial charge in [-0.15, -0.1) is 0 Å². The average molecular weight is 234 g/mol. The van der Waals surface area contributed by atoms with Crippen molar-refractivity contribution in [3.8, 4) is 5.75 Å². The van der Waals surface area contributed by atoms with E-state index in [-0.39, 0.29) is 0 Å². The smallest absolute Gasteiger partial charge is 0.122 e. The first-order chi connectivity index (χ1) is 8.11. The first-order valence-electron chi connectivity index (χ1n) is 6.45. The summed E-state index contributed by atoms with van der Waals surface area (Å²) < 4.78 is 5.33. The van der Waals surface area contributed by atoms with Crippen molar-refractivity contribution in [2.45, 2.75) is 44.6 Å². The molecule has 2 rings (SSSR count). The molecule has 0 amide bonds. The van der Waals surface area contributed by atoms with Crippen LogP contribution in [0.3, 0.4) is 0 Å².